The first-order valence-electron chi connectivity index (χ1n) is 13.4. The minimum absolute atomic E-state index is 0.532. The molecule has 0 N–H and O–H groups in total. The summed E-state index contributed by atoms with van der Waals surface area (Å²) in [5.74, 6) is 2.52. The SMILES string of the molecule is c1ccc(COc2cccc(-c3cccc4nc(Cc5ccc(OCCN6CCCC6)cc5)nn34)c2)cc1. The summed E-state index contributed by atoms with van der Waals surface area (Å²) in [6, 6.07) is 32.7. The van der Waals surface area contributed by atoms with Gasteiger partial charge in [0.25, 0.3) is 0 Å². The highest BCUT2D eigenvalue weighted by atomic mass is 16.5. The lowest BCUT2D eigenvalue weighted by Gasteiger charge is -2.14. The molecule has 0 saturated carbocycles. The summed E-state index contributed by atoms with van der Waals surface area (Å²) in [7, 11) is 0. The molecule has 0 aliphatic carbocycles. The van der Waals surface area contributed by atoms with Gasteiger partial charge in [-0.25, -0.2) is 9.50 Å². The third-order valence-corrected chi connectivity index (χ3v) is 6.94. The minimum atomic E-state index is 0.532. The number of fused-ring (bicyclic) bond motifs is 1. The normalized spacial score (nSPS) is 13.7. The van der Waals surface area contributed by atoms with Crippen molar-refractivity contribution in [1.82, 2.24) is 19.5 Å². The van der Waals surface area contributed by atoms with E-state index in [1.54, 1.807) is 0 Å². The van der Waals surface area contributed by atoms with Crippen LogP contribution in [0.4, 0.5) is 0 Å². The molecule has 0 radical (unpaired) electrons. The number of rotatable bonds is 10. The van der Waals surface area contributed by atoms with Gasteiger partial charge < -0.3 is 9.47 Å². The first-order valence-corrected chi connectivity index (χ1v) is 13.4. The molecule has 6 heteroatoms. The minimum Gasteiger partial charge on any atom is -0.492 e. The summed E-state index contributed by atoms with van der Waals surface area (Å²) < 4.78 is 13.9. The van der Waals surface area contributed by atoms with Crippen LogP contribution in [-0.2, 0) is 13.0 Å². The Labute approximate surface area is 223 Å². The van der Waals surface area contributed by atoms with Crippen LogP contribution >= 0.6 is 0 Å². The van der Waals surface area contributed by atoms with Crippen LogP contribution in [0.2, 0.25) is 0 Å². The van der Waals surface area contributed by atoms with E-state index >= 15 is 0 Å². The van der Waals surface area contributed by atoms with E-state index in [0.717, 1.165) is 58.5 Å². The molecule has 2 aromatic heterocycles. The maximum absolute atomic E-state index is 6.05. The Morgan fingerprint density at radius 1 is 0.711 bits per heavy atom. The van der Waals surface area contributed by atoms with Crippen LogP contribution < -0.4 is 9.47 Å². The fourth-order valence-electron chi connectivity index (χ4n) is 4.91. The van der Waals surface area contributed by atoms with E-state index < -0.39 is 0 Å². The van der Waals surface area contributed by atoms with E-state index in [9.17, 15) is 0 Å². The van der Waals surface area contributed by atoms with E-state index in [4.69, 9.17) is 19.6 Å². The molecule has 3 heterocycles. The lowest BCUT2D eigenvalue weighted by molar-refractivity contribution is 0.238. The highest BCUT2D eigenvalue weighted by molar-refractivity contribution is 5.64. The zero-order valence-corrected chi connectivity index (χ0v) is 21.5. The highest BCUT2D eigenvalue weighted by Crippen LogP contribution is 2.25. The molecule has 0 bridgehead atoms. The van der Waals surface area contributed by atoms with Crippen molar-refractivity contribution in [2.45, 2.75) is 25.9 Å². The van der Waals surface area contributed by atoms with Gasteiger partial charge in [-0.15, -0.1) is 0 Å². The van der Waals surface area contributed by atoms with Crippen LogP contribution in [0, 0.1) is 0 Å². The van der Waals surface area contributed by atoms with Gasteiger partial charge in [-0.3, -0.25) is 4.90 Å². The van der Waals surface area contributed by atoms with Crippen molar-refractivity contribution in [1.29, 1.82) is 0 Å². The predicted octanol–water partition coefficient (Wildman–Crippen LogP) is 6.04. The van der Waals surface area contributed by atoms with Crippen molar-refractivity contribution in [3.8, 4) is 22.8 Å². The summed E-state index contributed by atoms with van der Waals surface area (Å²) in [5.41, 5.74) is 5.14. The van der Waals surface area contributed by atoms with E-state index in [1.807, 2.05) is 59.1 Å². The third-order valence-electron chi connectivity index (χ3n) is 6.94. The first-order chi connectivity index (χ1) is 18.8. The number of hydrogen-bond acceptors (Lipinski definition) is 5. The molecule has 3 aromatic carbocycles. The molecule has 0 unspecified atom stereocenters. The predicted molar refractivity (Wildman–Crippen MR) is 150 cm³/mol. The molecule has 5 aromatic rings. The Hall–Kier alpha value is -4.16. The van der Waals surface area contributed by atoms with Crippen LogP contribution in [0.5, 0.6) is 11.5 Å². The Morgan fingerprint density at radius 3 is 2.37 bits per heavy atom. The summed E-state index contributed by atoms with van der Waals surface area (Å²) in [6.45, 7) is 4.66. The van der Waals surface area contributed by atoms with E-state index in [-0.39, 0.29) is 0 Å². The number of nitrogens with zero attached hydrogens (tertiary/aromatic N) is 4. The topological polar surface area (TPSA) is 51.9 Å². The van der Waals surface area contributed by atoms with Gasteiger partial charge in [0, 0.05) is 18.5 Å². The molecule has 0 spiro atoms. The second-order valence-corrected chi connectivity index (χ2v) is 9.73. The van der Waals surface area contributed by atoms with Crippen molar-refractivity contribution in [2.75, 3.05) is 26.2 Å². The van der Waals surface area contributed by atoms with E-state index in [2.05, 4.69) is 47.4 Å². The molecule has 1 aliphatic rings. The summed E-state index contributed by atoms with van der Waals surface area (Å²) in [5, 5.41) is 4.85. The van der Waals surface area contributed by atoms with Gasteiger partial charge in [0.15, 0.2) is 11.5 Å². The van der Waals surface area contributed by atoms with Gasteiger partial charge in [0.2, 0.25) is 0 Å². The van der Waals surface area contributed by atoms with Crippen LogP contribution in [0.15, 0.2) is 97.1 Å². The zero-order chi connectivity index (χ0) is 25.6. The molecule has 0 atom stereocenters. The van der Waals surface area contributed by atoms with E-state index in [0.29, 0.717) is 13.0 Å². The number of benzene rings is 3. The number of aromatic nitrogens is 3. The molecule has 1 saturated heterocycles. The zero-order valence-electron chi connectivity index (χ0n) is 21.5. The molecule has 1 fully saturated rings. The summed E-state index contributed by atoms with van der Waals surface area (Å²) >= 11 is 0. The largest absolute Gasteiger partial charge is 0.492 e. The monoisotopic (exact) mass is 504 g/mol. The summed E-state index contributed by atoms with van der Waals surface area (Å²) in [6.07, 6.45) is 3.28. The van der Waals surface area contributed by atoms with Gasteiger partial charge in [-0.2, -0.15) is 5.10 Å². The van der Waals surface area contributed by atoms with Crippen molar-refractivity contribution >= 4 is 5.65 Å². The van der Waals surface area contributed by atoms with Gasteiger partial charge >= 0.3 is 0 Å². The fourth-order valence-corrected chi connectivity index (χ4v) is 4.91. The van der Waals surface area contributed by atoms with Gasteiger partial charge in [0.1, 0.15) is 24.7 Å². The molecular weight excluding hydrogens is 472 g/mol. The molecule has 38 heavy (non-hydrogen) atoms. The van der Waals surface area contributed by atoms with Crippen molar-refractivity contribution in [2.24, 2.45) is 0 Å². The van der Waals surface area contributed by atoms with Crippen molar-refractivity contribution in [3.05, 3.63) is 114 Å². The fraction of sp³-hybridized carbons (Fsp3) is 0.250. The first kappa shape index (κ1) is 24.2. The average molecular weight is 505 g/mol. The van der Waals surface area contributed by atoms with Gasteiger partial charge in [-0.05, 0) is 73.5 Å². The standard InChI is InChI=1S/C32H32N4O2/c1-2-8-26(9-3-1)24-38-29-11-6-10-27(23-29)30-12-7-13-32-33-31(34-36(30)32)22-25-14-16-28(17-15-25)37-21-20-35-18-4-5-19-35/h1-3,6-17,23H,4-5,18-22,24H2. The number of likely N-dealkylation sites (tertiary alicyclic amines) is 1. The number of hydrogen-bond donors (Lipinski definition) is 0. The van der Waals surface area contributed by atoms with Crippen LogP contribution in [0.25, 0.3) is 16.9 Å². The molecular formula is C32H32N4O2. The molecule has 6 rings (SSSR count). The Morgan fingerprint density at radius 2 is 1.53 bits per heavy atom. The molecule has 192 valence electrons. The van der Waals surface area contributed by atoms with Crippen molar-refractivity contribution < 1.29 is 9.47 Å². The summed E-state index contributed by atoms with van der Waals surface area (Å²) in [4.78, 5) is 7.26. The lowest BCUT2D eigenvalue weighted by atomic mass is 10.1. The smallest absolute Gasteiger partial charge is 0.156 e. The Balaban J connectivity index is 1.13. The van der Waals surface area contributed by atoms with Crippen LogP contribution in [0.3, 0.4) is 0 Å². The third kappa shape index (κ3) is 5.87. The number of pyridine rings is 1. The van der Waals surface area contributed by atoms with Crippen molar-refractivity contribution in [3.63, 3.8) is 0 Å². The second-order valence-electron chi connectivity index (χ2n) is 9.73. The van der Waals surface area contributed by atoms with Crippen LogP contribution in [-0.4, -0.2) is 45.7 Å². The van der Waals surface area contributed by atoms with Crippen LogP contribution in [0.1, 0.15) is 29.8 Å². The van der Waals surface area contributed by atoms with Gasteiger partial charge in [0.05, 0.1) is 5.69 Å². The maximum Gasteiger partial charge on any atom is 0.156 e. The second kappa shape index (κ2) is 11.5. The quantitative estimate of drug-likeness (QED) is 0.232. The lowest BCUT2D eigenvalue weighted by Crippen LogP contribution is -2.25. The average Bonchev–Trinajstić information content (AvgIpc) is 3.63. The molecule has 6 nitrogen and oxygen atoms in total. The maximum atomic E-state index is 6.05. The highest BCUT2D eigenvalue weighted by Gasteiger charge is 2.12. The molecule has 1 aliphatic heterocycles. The van der Waals surface area contributed by atoms with E-state index in [1.165, 1.54) is 25.9 Å². The molecule has 0 amide bonds. The Bertz CT molecular complexity index is 1470. The number of ether oxygens (including phenoxy) is 2. The Kier molecular flexibility index (Phi) is 7.31. The van der Waals surface area contributed by atoms with Gasteiger partial charge in [-0.1, -0.05) is 60.7 Å².